The number of fused-ring (bicyclic) bond motifs is 3. The maximum atomic E-state index is 6.05. The highest BCUT2D eigenvalue weighted by atomic mass is 16.3. The molecule has 0 saturated heterocycles. The van der Waals surface area contributed by atoms with Gasteiger partial charge in [-0.1, -0.05) is 72.8 Å². The highest BCUT2D eigenvalue weighted by Crippen LogP contribution is 2.34. The summed E-state index contributed by atoms with van der Waals surface area (Å²) in [6.45, 7) is 0. The number of nitrogens with zero attached hydrogens (tertiary/aromatic N) is 3. The summed E-state index contributed by atoms with van der Waals surface area (Å²) in [5, 5.41) is 2.17. The maximum Gasteiger partial charge on any atom is 0.160 e. The van der Waals surface area contributed by atoms with E-state index in [2.05, 4.69) is 53.5 Å². The second kappa shape index (κ2) is 8.85. The Kier molecular flexibility index (Phi) is 5.07. The number of hydrogen-bond donors (Lipinski definition) is 0. The lowest BCUT2D eigenvalue weighted by Crippen LogP contribution is -1.96. The molecule has 0 radical (unpaired) electrons. The first-order chi connectivity index (χ1) is 18.3. The van der Waals surface area contributed by atoms with Crippen molar-refractivity contribution in [1.82, 2.24) is 15.0 Å². The van der Waals surface area contributed by atoms with Crippen LogP contribution >= 0.6 is 0 Å². The standard InChI is InChI=1S/C33H21N3O/c1-2-9-22(10-3-1)29-21-30(24-16-17-32-27(20-24)26-13-4-5-15-31(26)37-32)36-33(35-29)25-12-8-11-23(19-25)28-14-6-7-18-34-28/h1-21H. The molecule has 0 aliphatic rings. The molecule has 0 atom stereocenters. The summed E-state index contributed by atoms with van der Waals surface area (Å²) in [5.41, 5.74) is 8.43. The average molecular weight is 476 g/mol. The topological polar surface area (TPSA) is 51.8 Å². The second-order valence-electron chi connectivity index (χ2n) is 8.93. The summed E-state index contributed by atoms with van der Waals surface area (Å²) in [4.78, 5) is 14.5. The van der Waals surface area contributed by atoms with Gasteiger partial charge in [0, 0.05) is 39.2 Å². The largest absolute Gasteiger partial charge is 0.456 e. The Bertz CT molecular complexity index is 1880. The molecular weight excluding hydrogens is 454 g/mol. The van der Waals surface area contributed by atoms with Gasteiger partial charge in [0.25, 0.3) is 0 Å². The fourth-order valence-corrected chi connectivity index (χ4v) is 4.72. The molecule has 0 fully saturated rings. The first-order valence-electron chi connectivity index (χ1n) is 12.2. The van der Waals surface area contributed by atoms with Gasteiger partial charge in [0.1, 0.15) is 11.2 Å². The number of benzene rings is 4. The van der Waals surface area contributed by atoms with Crippen LogP contribution in [-0.4, -0.2) is 15.0 Å². The third-order valence-electron chi connectivity index (χ3n) is 6.55. The van der Waals surface area contributed by atoms with E-state index in [1.165, 1.54) is 0 Å². The number of furan rings is 1. The molecule has 4 nitrogen and oxygen atoms in total. The van der Waals surface area contributed by atoms with Crippen molar-refractivity contribution in [2.24, 2.45) is 0 Å². The highest BCUT2D eigenvalue weighted by molar-refractivity contribution is 6.06. The van der Waals surface area contributed by atoms with E-state index in [0.29, 0.717) is 5.82 Å². The van der Waals surface area contributed by atoms with Gasteiger partial charge in [-0.2, -0.15) is 0 Å². The van der Waals surface area contributed by atoms with E-state index in [-0.39, 0.29) is 0 Å². The predicted octanol–water partition coefficient (Wildman–Crippen LogP) is 8.44. The Balaban J connectivity index is 1.41. The van der Waals surface area contributed by atoms with Gasteiger partial charge in [-0.15, -0.1) is 0 Å². The summed E-state index contributed by atoms with van der Waals surface area (Å²) < 4.78 is 6.05. The minimum absolute atomic E-state index is 0.672. The van der Waals surface area contributed by atoms with Crippen LogP contribution in [0.5, 0.6) is 0 Å². The van der Waals surface area contributed by atoms with E-state index in [1.807, 2.05) is 79.0 Å². The van der Waals surface area contributed by atoms with Crippen LogP contribution in [0.25, 0.3) is 67.1 Å². The first-order valence-corrected chi connectivity index (χ1v) is 12.2. The zero-order valence-corrected chi connectivity index (χ0v) is 19.9. The number of hydrogen-bond acceptors (Lipinski definition) is 4. The average Bonchev–Trinajstić information content (AvgIpc) is 3.36. The fourth-order valence-electron chi connectivity index (χ4n) is 4.72. The lowest BCUT2D eigenvalue weighted by atomic mass is 10.0. The van der Waals surface area contributed by atoms with Crippen molar-refractivity contribution < 1.29 is 4.42 Å². The molecule has 0 N–H and O–H groups in total. The molecule has 7 rings (SSSR count). The Hall–Kier alpha value is -5.09. The first kappa shape index (κ1) is 21.2. The van der Waals surface area contributed by atoms with E-state index in [0.717, 1.165) is 61.3 Å². The smallest absolute Gasteiger partial charge is 0.160 e. The van der Waals surface area contributed by atoms with Gasteiger partial charge < -0.3 is 4.42 Å². The molecule has 0 aliphatic carbocycles. The molecule has 7 aromatic rings. The van der Waals surface area contributed by atoms with Gasteiger partial charge in [0.05, 0.1) is 17.1 Å². The molecule has 0 saturated carbocycles. The van der Waals surface area contributed by atoms with Crippen LogP contribution in [0.1, 0.15) is 0 Å². The normalized spacial score (nSPS) is 11.2. The van der Waals surface area contributed by atoms with E-state index in [4.69, 9.17) is 14.4 Å². The lowest BCUT2D eigenvalue weighted by Gasteiger charge is -2.10. The maximum absolute atomic E-state index is 6.05. The van der Waals surface area contributed by atoms with Gasteiger partial charge >= 0.3 is 0 Å². The number of aromatic nitrogens is 3. The van der Waals surface area contributed by atoms with Crippen LogP contribution in [0.3, 0.4) is 0 Å². The van der Waals surface area contributed by atoms with E-state index in [9.17, 15) is 0 Å². The monoisotopic (exact) mass is 475 g/mol. The number of para-hydroxylation sites is 1. The van der Waals surface area contributed by atoms with Gasteiger partial charge in [0.15, 0.2) is 5.82 Å². The zero-order valence-electron chi connectivity index (χ0n) is 19.9. The number of rotatable bonds is 4. The molecule has 174 valence electrons. The predicted molar refractivity (Wildman–Crippen MR) is 149 cm³/mol. The van der Waals surface area contributed by atoms with Crippen LogP contribution < -0.4 is 0 Å². The minimum atomic E-state index is 0.672. The molecule has 37 heavy (non-hydrogen) atoms. The zero-order chi connectivity index (χ0) is 24.6. The molecule has 4 aromatic carbocycles. The summed E-state index contributed by atoms with van der Waals surface area (Å²) in [6, 6.07) is 40.8. The van der Waals surface area contributed by atoms with Gasteiger partial charge in [-0.25, -0.2) is 9.97 Å². The molecule has 4 heteroatoms. The molecule has 0 unspecified atom stereocenters. The van der Waals surface area contributed by atoms with Crippen LogP contribution in [0.4, 0.5) is 0 Å². The van der Waals surface area contributed by atoms with Crippen LogP contribution in [0, 0.1) is 0 Å². The molecule has 3 aromatic heterocycles. The molecular formula is C33H21N3O. The molecule has 3 heterocycles. The third-order valence-corrected chi connectivity index (χ3v) is 6.55. The quantitative estimate of drug-likeness (QED) is 0.256. The Labute approximate surface area is 213 Å². The molecule has 0 amide bonds. The van der Waals surface area contributed by atoms with Gasteiger partial charge in [-0.05, 0) is 48.5 Å². The number of pyridine rings is 1. The fraction of sp³-hybridized carbons (Fsp3) is 0. The minimum Gasteiger partial charge on any atom is -0.456 e. The van der Waals surface area contributed by atoms with Crippen LogP contribution in [0.2, 0.25) is 0 Å². The van der Waals surface area contributed by atoms with Crippen molar-refractivity contribution >= 4 is 21.9 Å². The van der Waals surface area contributed by atoms with E-state index < -0.39 is 0 Å². The summed E-state index contributed by atoms with van der Waals surface area (Å²) >= 11 is 0. The van der Waals surface area contributed by atoms with Crippen molar-refractivity contribution in [2.45, 2.75) is 0 Å². The second-order valence-corrected chi connectivity index (χ2v) is 8.93. The molecule has 0 aliphatic heterocycles. The SMILES string of the molecule is c1ccc(-c2cc(-c3ccc4oc5ccccc5c4c3)nc(-c3cccc(-c4ccccn4)c3)n2)cc1. The Morgan fingerprint density at radius 1 is 0.432 bits per heavy atom. The van der Waals surface area contributed by atoms with Gasteiger partial charge in [-0.3, -0.25) is 4.98 Å². The van der Waals surface area contributed by atoms with Crippen molar-refractivity contribution in [2.75, 3.05) is 0 Å². The third kappa shape index (κ3) is 3.95. The molecule has 0 spiro atoms. The summed E-state index contributed by atoms with van der Waals surface area (Å²) in [5.74, 6) is 0.672. The lowest BCUT2D eigenvalue weighted by molar-refractivity contribution is 0.669. The van der Waals surface area contributed by atoms with Gasteiger partial charge in [0.2, 0.25) is 0 Å². The van der Waals surface area contributed by atoms with Crippen LogP contribution in [0.15, 0.2) is 132 Å². The summed E-state index contributed by atoms with van der Waals surface area (Å²) in [7, 11) is 0. The Morgan fingerprint density at radius 2 is 1.14 bits per heavy atom. The summed E-state index contributed by atoms with van der Waals surface area (Å²) in [6.07, 6.45) is 1.81. The van der Waals surface area contributed by atoms with Crippen molar-refractivity contribution in [3.8, 4) is 45.2 Å². The van der Waals surface area contributed by atoms with E-state index >= 15 is 0 Å². The highest BCUT2D eigenvalue weighted by Gasteiger charge is 2.14. The van der Waals surface area contributed by atoms with Crippen LogP contribution in [-0.2, 0) is 0 Å². The Morgan fingerprint density at radius 3 is 2.00 bits per heavy atom. The van der Waals surface area contributed by atoms with Crippen molar-refractivity contribution in [3.05, 3.63) is 128 Å². The van der Waals surface area contributed by atoms with Crippen molar-refractivity contribution in [1.29, 1.82) is 0 Å². The molecule has 0 bridgehead atoms. The van der Waals surface area contributed by atoms with E-state index in [1.54, 1.807) is 0 Å². The van der Waals surface area contributed by atoms with Crippen molar-refractivity contribution in [3.63, 3.8) is 0 Å².